The topological polar surface area (TPSA) is 15.3 Å². The second kappa shape index (κ2) is 5.61. The first kappa shape index (κ1) is 13.2. The van der Waals surface area contributed by atoms with E-state index in [0.717, 1.165) is 25.5 Å². The summed E-state index contributed by atoms with van der Waals surface area (Å²) in [6, 6.07) is 2.05. The van der Waals surface area contributed by atoms with Gasteiger partial charge in [-0.25, -0.2) is 13.2 Å². The van der Waals surface area contributed by atoms with E-state index in [0.29, 0.717) is 25.2 Å². The third-order valence-corrected chi connectivity index (χ3v) is 3.30. The lowest BCUT2D eigenvalue weighted by Gasteiger charge is -2.34. The van der Waals surface area contributed by atoms with E-state index in [1.807, 2.05) is 6.92 Å². The van der Waals surface area contributed by atoms with Crippen molar-refractivity contribution in [2.24, 2.45) is 0 Å². The normalized spacial score (nSPS) is 17.2. The van der Waals surface area contributed by atoms with Crippen LogP contribution in [-0.4, -0.2) is 25.7 Å². The molecule has 0 amide bonds. The molecule has 18 heavy (non-hydrogen) atoms. The third-order valence-electron chi connectivity index (χ3n) is 3.30. The number of halogens is 3. The van der Waals surface area contributed by atoms with Crippen molar-refractivity contribution in [3.63, 3.8) is 0 Å². The van der Waals surface area contributed by atoms with Crippen LogP contribution in [0.2, 0.25) is 0 Å². The van der Waals surface area contributed by atoms with Crippen LogP contribution in [0.1, 0.15) is 19.8 Å². The highest BCUT2D eigenvalue weighted by Crippen LogP contribution is 2.26. The van der Waals surface area contributed by atoms with Crippen LogP contribution in [0, 0.1) is 17.5 Å². The van der Waals surface area contributed by atoms with Gasteiger partial charge in [0, 0.05) is 31.3 Å². The van der Waals surface area contributed by atoms with Crippen molar-refractivity contribution in [2.75, 3.05) is 24.5 Å². The minimum absolute atomic E-state index is 0.0300. The molecule has 5 heteroatoms. The Kier molecular flexibility index (Phi) is 4.11. The molecule has 1 saturated heterocycles. The number of nitrogens with one attached hydrogen (secondary N) is 1. The van der Waals surface area contributed by atoms with Crippen LogP contribution in [0.5, 0.6) is 0 Å². The molecule has 1 aromatic carbocycles. The fourth-order valence-corrected chi connectivity index (χ4v) is 2.39. The molecular formula is C13H17F3N2. The molecule has 0 spiro atoms. The number of hydrogen-bond acceptors (Lipinski definition) is 2. The van der Waals surface area contributed by atoms with E-state index < -0.39 is 17.5 Å². The van der Waals surface area contributed by atoms with Gasteiger partial charge < -0.3 is 10.2 Å². The molecule has 0 aliphatic carbocycles. The summed E-state index contributed by atoms with van der Waals surface area (Å²) < 4.78 is 39.9. The van der Waals surface area contributed by atoms with Crippen molar-refractivity contribution in [3.05, 3.63) is 29.6 Å². The number of anilines is 1. The van der Waals surface area contributed by atoms with Crippen molar-refractivity contribution < 1.29 is 13.2 Å². The SMILES string of the molecule is CCNC1CCN(c2cc(F)cc(F)c2F)CC1. The number of benzene rings is 1. The molecule has 1 aromatic rings. The molecule has 0 saturated carbocycles. The predicted octanol–water partition coefficient (Wildman–Crippen LogP) is 2.68. The van der Waals surface area contributed by atoms with Gasteiger partial charge in [0.2, 0.25) is 0 Å². The maximum Gasteiger partial charge on any atom is 0.182 e. The van der Waals surface area contributed by atoms with Crippen LogP contribution in [0.4, 0.5) is 18.9 Å². The maximum atomic E-state index is 13.6. The highest BCUT2D eigenvalue weighted by atomic mass is 19.2. The maximum absolute atomic E-state index is 13.6. The lowest BCUT2D eigenvalue weighted by Crippen LogP contribution is -2.42. The lowest BCUT2D eigenvalue weighted by molar-refractivity contribution is 0.417. The van der Waals surface area contributed by atoms with Crippen LogP contribution < -0.4 is 10.2 Å². The van der Waals surface area contributed by atoms with E-state index in [1.54, 1.807) is 4.90 Å². The summed E-state index contributed by atoms with van der Waals surface area (Å²) in [5, 5.41) is 3.33. The second-order valence-corrected chi connectivity index (χ2v) is 4.54. The number of hydrogen-bond donors (Lipinski definition) is 1. The fraction of sp³-hybridized carbons (Fsp3) is 0.538. The largest absolute Gasteiger partial charge is 0.369 e. The Morgan fingerprint density at radius 1 is 1.22 bits per heavy atom. The van der Waals surface area contributed by atoms with Gasteiger partial charge in [-0.15, -0.1) is 0 Å². The Morgan fingerprint density at radius 2 is 1.89 bits per heavy atom. The van der Waals surface area contributed by atoms with E-state index in [-0.39, 0.29) is 5.69 Å². The average molecular weight is 258 g/mol. The van der Waals surface area contributed by atoms with Crippen LogP contribution in [0.15, 0.2) is 12.1 Å². The summed E-state index contributed by atoms with van der Waals surface area (Å²) >= 11 is 0. The van der Waals surface area contributed by atoms with Crippen molar-refractivity contribution in [1.29, 1.82) is 0 Å². The molecule has 2 rings (SSSR count). The molecule has 1 N–H and O–H groups in total. The summed E-state index contributed by atoms with van der Waals surface area (Å²) in [5.74, 6) is -2.82. The van der Waals surface area contributed by atoms with Crippen LogP contribution >= 0.6 is 0 Å². The first-order valence-electron chi connectivity index (χ1n) is 6.24. The number of nitrogens with zero attached hydrogens (tertiary/aromatic N) is 1. The summed E-state index contributed by atoms with van der Waals surface area (Å²) in [7, 11) is 0. The Hall–Kier alpha value is -1.23. The Balaban J connectivity index is 2.10. The molecule has 1 aliphatic heterocycles. The molecule has 0 unspecified atom stereocenters. The zero-order valence-electron chi connectivity index (χ0n) is 10.3. The quantitative estimate of drug-likeness (QED) is 0.839. The number of rotatable bonds is 3. The molecule has 1 aliphatic rings. The molecule has 0 bridgehead atoms. The minimum atomic E-state index is -1.13. The van der Waals surface area contributed by atoms with Crippen LogP contribution in [-0.2, 0) is 0 Å². The first-order valence-corrected chi connectivity index (χ1v) is 6.24. The summed E-state index contributed by atoms with van der Waals surface area (Å²) in [6.45, 7) is 4.15. The van der Waals surface area contributed by atoms with Gasteiger partial charge in [-0.3, -0.25) is 0 Å². The molecular weight excluding hydrogens is 241 g/mol. The van der Waals surface area contributed by atoms with E-state index >= 15 is 0 Å². The van der Waals surface area contributed by atoms with E-state index in [9.17, 15) is 13.2 Å². The highest BCUT2D eigenvalue weighted by Gasteiger charge is 2.22. The highest BCUT2D eigenvalue weighted by molar-refractivity contribution is 5.49. The van der Waals surface area contributed by atoms with Gasteiger partial charge in [0.15, 0.2) is 11.6 Å². The van der Waals surface area contributed by atoms with E-state index in [4.69, 9.17) is 0 Å². The summed E-state index contributed by atoms with van der Waals surface area (Å²) in [4.78, 5) is 1.70. The summed E-state index contributed by atoms with van der Waals surface area (Å²) in [5.41, 5.74) is 0.0300. The van der Waals surface area contributed by atoms with Crippen molar-refractivity contribution in [1.82, 2.24) is 5.32 Å². The minimum Gasteiger partial charge on any atom is -0.369 e. The average Bonchev–Trinajstić information content (AvgIpc) is 2.35. The predicted molar refractivity (Wildman–Crippen MR) is 65.2 cm³/mol. The van der Waals surface area contributed by atoms with Crippen molar-refractivity contribution in [2.45, 2.75) is 25.8 Å². The molecule has 100 valence electrons. The zero-order chi connectivity index (χ0) is 13.1. The second-order valence-electron chi connectivity index (χ2n) is 4.54. The van der Waals surface area contributed by atoms with E-state index in [2.05, 4.69) is 5.32 Å². The standard InChI is InChI=1S/C13H17F3N2/c1-2-17-10-3-5-18(6-4-10)12-8-9(14)7-11(15)13(12)16/h7-8,10,17H,2-6H2,1H3. The Morgan fingerprint density at radius 3 is 2.50 bits per heavy atom. The van der Waals surface area contributed by atoms with Crippen LogP contribution in [0.3, 0.4) is 0 Å². The van der Waals surface area contributed by atoms with Gasteiger partial charge in [-0.2, -0.15) is 0 Å². The zero-order valence-corrected chi connectivity index (χ0v) is 10.3. The van der Waals surface area contributed by atoms with E-state index in [1.165, 1.54) is 0 Å². The van der Waals surface area contributed by atoms with Gasteiger partial charge >= 0.3 is 0 Å². The van der Waals surface area contributed by atoms with Gasteiger partial charge in [0.25, 0.3) is 0 Å². The smallest absolute Gasteiger partial charge is 0.182 e. The van der Waals surface area contributed by atoms with Gasteiger partial charge in [-0.05, 0) is 19.4 Å². The molecule has 0 aromatic heterocycles. The molecule has 2 nitrogen and oxygen atoms in total. The fourth-order valence-electron chi connectivity index (χ4n) is 2.39. The molecule has 0 atom stereocenters. The monoisotopic (exact) mass is 258 g/mol. The van der Waals surface area contributed by atoms with Gasteiger partial charge in [-0.1, -0.05) is 6.92 Å². The molecule has 1 heterocycles. The van der Waals surface area contributed by atoms with Crippen molar-refractivity contribution >= 4 is 5.69 Å². The molecule has 0 radical (unpaired) electrons. The molecule has 1 fully saturated rings. The van der Waals surface area contributed by atoms with Crippen LogP contribution in [0.25, 0.3) is 0 Å². The third kappa shape index (κ3) is 2.77. The summed E-state index contributed by atoms with van der Waals surface area (Å²) in [6.07, 6.45) is 1.71. The number of piperidine rings is 1. The first-order chi connectivity index (χ1) is 8.61. The Labute approximate surface area is 105 Å². The lowest BCUT2D eigenvalue weighted by atomic mass is 10.0. The van der Waals surface area contributed by atoms with Gasteiger partial charge in [0.1, 0.15) is 5.82 Å². The van der Waals surface area contributed by atoms with Gasteiger partial charge in [0.05, 0.1) is 5.69 Å². The van der Waals surface area contributed by atoms with Crippen molar-refractivity contribution in [3.8, 4) is 0 Å². The Bertz CT molecular complexity index is 415.